The Morgan fingerprint density at radius 2 is 2.06 bits per heavy atom. The van der Waals surface area contributed by atoms with E-state index in [0.29, 0.717) is 0 Å². The number of rotatable bonds is 5. The van der Waals surface area contributed by atoms with Gasteiger partial charge in [-0.1, -0.05) is 19.1 Å². The Hall–Kier alpha value is -2.24. The number of carboxylic acid groups (broad SMARTS) is 1. The number of nitro groups is 1. The Kier molecular flexibility index (Phi) is 3.92. The van der Waals surface area contributed by atoms with Crippen molar-refractivity contribution in [1.82, 2.24) is 0 Å². The maximum Gasteiger partial charge on any atom is 0.270 e. The average Bonchev–Trinajstić information content (AvgIpc) is 2.28. The monoisotopic (exact) mass is 236 g/mol. The van der Waals surface area contributed by atoms with Crippen molar-refractivity contribution in [3.8, 4) is 0 Å². The zero-order valence-corrected chi connectivity index (χ0v) is 9.08. The molecule has 0 amide bonds. The molecule has 1 aromatic carbocycles. The molecule has 0 bridgehead atoms. The Morgan fingerprint density at radius 1 is 1.41 bits per heavy atom. The normalized spacial score (nSPS) is 11.8. The van der Waals surface area contributed by atoms with Gasteiger partial charge in [-0.15, -0.1) is 0 Å². The number of hydrogen-bond acceptors (Lipinski definition) is 5. The number of nitrogens with zero attached hydrogens (tertiary/aromatic N) is 1. The van der Waals surface area contributed by atoms with Crippen LogP contribution in [0.1, 0.15) is 23.7 Å². The largest absolute Gasteiger partial charge is 0.550 e. The van der Waals surface area contributed by atoms with Gasteiger partial charge in [0, 0.05) is 36.0 Å². The van der Waals surface area contributed by atoms with Crippen LogP contribution in [0.25, 0.3) is 0 Å². The van der Waals surface area contributed by atoms with Crippen molar-refractivity contribution in [2.24, 2.45) is 5.92 Å². The van der Waals surface area contributed by atoms with Crippen LogP contribution in [0.3, 0.4) is 0 Å². The summed E-state index contributed by atoms with van der Waals surface area (Å²) in [5.41, 5.74) is -0.0655. The molecule has 0 aliphatic rings. The Morgan fingerprint density at radius 3 is 2.59 bits per heavy atom. The molecule has 0 fully saturated rings. The van der Waals surface area contributed by atoms with Crippen molar-refractivity contribution in [3.05, 3.63) is 39.9 Å². The molecule has 0 aromatic heterocycles. The summed E-state index contributed by atoms with van der Waals surface area (Å²) in [7, 11) is 0. The molecular formula is C11H10NO5-. The van der Waals surface area contributed by atoms with Gasteiger partial charge in [0.1, 0.15) is 0 Å². The van der Waals surface area contributed by atoms with Gasteiger partial charge in [-0.3, -0.25) is 14.9 Å². The third-order valence-corrected chi connectivity index (χ3v) is 2.27. The van der Waals surface area contributed by atoms with Crippen LogP contribution in [0, 0.1) is 16.0 Å². The Labute approximate surface area is 97.0 Å². The first-order valence-corrected chi connectivity index (χ1v) is 4.90. The highest BCUT2D eigenvalue weighted by Gasteiger charge is 2.14. The van der Waals surface area contributed by atoms with Crippen molar-refractivity contribution in [2.45, 2.75) is 13.3 Å². The summed E-state index contributed by atoms with van der Waals surface area (Å²) in [5.74, 6) is -2.68. The molecule has 0 unspecified atom stereocenters. The third kappa shape index (κ3) is 3.37. The topological polar surface area (TPSA) is 100 Å². The number of hydrogen-bond donors (Lipinski definition) is 0. The molecule has 6 heteroatoms. The van der Waals surface area contributed by atoms with Crippen LogP contribution in [0.5, 0.6) is 0 Å². The van der Waals surface area contributed by atoms with E-state index in [0.717, 1.165) is 6.07 Å². The molecule has 0 aliphatic carbocycles. The standard InChI is InChI=1S/C11H11NO5/c1-7(11(14)15)5-10(13)8-3-2-4-9(6-8)12(16)17/h2-4,6-7H,5H2,1H3,(H,14,15)/p-1/t7-/m1/s1. The smallest absolute Gasteiger partial charge is 0.270 e. The maximum absolute atomic E-state index is 11.6. The van der Waals surface area contributed by atoms with E-state index in [1.54, 1.807) is 0 Å². The lowest BCUT2D eigenvalue weighted by Gasteiger charge is -2.10. The van der Waals surface area contributed by atoms with Crippen molar-refractivity contribution in [2.75, 3.05) is 0 Å². The number of carboxylic acids is 1. The van der Waals surface area contributed by atoms with Gasteiger partial charge in [0.2, 0.25) is 0 Å². The fourth-order valence-electron chi connectivity index (χ4n) is 1.27. The van der Waals surface area contributed by atoms with E-state index >= 15 is 0 Å². The molecule has 0 saturated carbocycles. The second-order valence-corrected chi connectivity index (χ2v) is 3.65. The lowest BCUT2D eigenvalue weighted by atomic mass is 10.00. The van der Waals surface area contributed by atoms with Crippen LogP contribution < -0.4 is 5.11 Å². The van der Waals surface area contributed by atoms with Gasteiger partial charge in [-0.05, 0) is 0 Å². The first kappa shape index (κ1) is 12.8. The minimum atomic E-state index is -1.32. The number of nitro benzene ring substituents is 1. The number of Topliss-reactive ketones (excluding diaryl/α,β-unsaturated/α-hetero) is 1. The van der Waals surface area contributed by atoms with Crippen LogP contribution in [0.4, 0.5) is 5.69 Å². The van der Waals surface area contributed by atoms with Crippen LogP contribution in [0.15, 0.2) is 24.3 Å². The lowest BCUT2D eigenvalue weighted by molar-refractivity contribution is -0.384. The molecule has 6 nitrogen and oxygen atoms in total. The number of non-ortho nitro benzene ring substituents is 1. The highest BCUT2D eigenvalue weighted by atomic mass is 16.6. The predicted molar refractivity (Wildman–Crippen MR) is 56.2 cm³/mol. The molecule has 0 radical (unpaired) electrons. The summed E-state index contributed by atoms with van der Waals surface area (Å²) in [6.07, 6.45) is -0.233. The molecule has 1 rings (SSSR count). The predicted octanol–water partition coefficient (Wildman–Crippen LogP) is 0.554. The summed E-state index contributed by atoms with van der Waals surface area (Å²) in [6.45, 7) is 1.35. The van der Waals surface area contributed by atoms with Gasteiger partial charge in [0.25, 0.3) is 5.69 Å². The Balaban J connectivity index is 2.86. The number of benzene rings is 1. The van der Waals surface area contributed by atoms with E-state index in [-0.39, 0.29) is 17.7 Å². The highest BCUT2D eigenvalue weighted by molar-refractivity contribution is 5.98. The molecule has 0 saturated heterocycles. The van der Waals surface area contributed by atoms with Gasteiger partial charge >= 0.3 is 0 Å². The van der Waals surface area contributed by atoms with Crippen LogP contribution >= 0.6 is 0 Å². The quantitative estimate of drug-likeness (QED) is 0.422. The highest BCUT2D eigenvalue weighted by Crippen LogP contribution is 2.16. The molecule has 90 valence electrons. The molecule has 1 atom stereocenters. The second kappa shape index (κ2) is 5.20. The molecule has 1 aromatic rings. The van der Waals surface area contributed by atoms with Gasteiger partial charge in [0.05, 0.1) is 4.92 Å². The average molecular weight is 236 g/mol. The minimum Gasteiger partial charge on any atom is -0.550 e. The van der Waals surface area contributed by atoms with Crippen molar-refractivity contribution in [1.29, 1.82) is 0 Å². The molecular weight excluding hydrogens is 226 g/mol. The SMILES string of the molecule is C[C@H](CC(=O)c1cccc([N+](=O)[O-])c1)C(=O)[O-]. The minimum absolute atomic E-state index is 0.132. The summed E-state index contributed by atoms with van der Waals surface area (Å²) >= 11 is 0. The van der Waals surface area contributed by atoms with Crippen LogP contribution in [0.2, 0.25) is 0 Å². The van der Waals surface area contributed by atoms with Crippen molar-refractivity contribution < 1.29 is 19.6 Å². The van der Waals surface area contributed by atoms with E-state index in [2.05, 4.69) is 0 Å². The molecule has 0 N–H and O–H groups in total. The van der Waals surface area contributed by atoms with E-state index in [1.165, 1.54) is 25.1 Å². The van der Waals surface area contributed by atoms with Crippen LogP contribution in [-0.4, -0.2) is 16.7 Å². The van der Waals surface area contributed by atoms with E-state index in [1.807, 2.05) is 0 Å². The first-order chi connectivity index (χ1) is 7.91. The number of aliphatic carboxylic acids is 1. The van der Waals surface area contributed by atoms with E-state index in [4.69, 9.17) is 0 Å². The summed E-state index contributed by atoms with van der Waals surface area (Å²) in [5, 5.41) is 21.0. The maximum atomic E-state index is 11.6. The van der Waals surface area contributed by atoms with E-state index in [9.17, 15) is 24.8 Å². The van der Waals surface area contributed by atoms with E-state index < -0.39 is 22.6 Å². The van der Waals surface area contributed by atoms with Gasteiger partial charge < -0.3 is 9.90 Å². The molecule has 0 heterocycles. The zero-order valence-electron chi connectivity index (χ0n) is 9.08. The third-order valence-electron chi connectivity index (χ3n) is 2.27. The molecule has 0 aliphatic heterocycles. The summed E-state index contributed by atoms with van der Waals surface area (Å²) < 4.78 is 0. The molecule has 17 heavy (non-hydrogen) atoms. The summed E-state index contributed by atoms with van der Waals surface area (Å²) in [6, 6.07) is 5.19. The van der Waals surface area contributed by atoms with Gasteiger partial charge in [-0.2, -0.15) is 0 Å². The fourth-order valence-corrected chi connectivity index (χ4v) is 1.27. The summed E-state index contributed by atoms with van der Waals surface area (Å²) in [4.78, 5) is 32.0. The number of ketones is 1. The van der Waals surface area contributed by atoms with Crippen molar-refractivity contribution in [3.63, 3.8) is 0 Å². The first-order valence-electron chi connectivity index (χ1n) is 4.90. The van der Waals surface area contributed by atoms with Crippen molar-refractivity contribution >= 4 is 17.4 Å². The lowest BCUT2D eigenvalue weighted by Crippen LogP contribution is -2.30. The van der Waals surface area contributed by atoms with Gasteiger partial charge in [-0.25, -0.2) is 0 Å². The second-order valence-electron chi connectivity index (χ2n) is 3.65. The van der Waals surface area contributed by atoms with Crippen LogP contribution in [-0.2, 0) is 4.79 Å². The van der Waals surface area contributed by atoms with Gasteiger partial charge in [0.15, 0.2) is 5.78 Å². The Bertz CT molecular complexity index is 469. The molecule has 0 spiro atoms. The number of carbonyl (C=O) groups excluding carboxylic acids is 2. The number of carbonyl (C=O) groups is 2. The fraction of sp³-hybridized carbons (Fsp3) is 0.273. The zero-order chi connectivity index (χ0) is 13.0.